The Hall–Kier alpha value is -3.19. The van der Waals surface area contributed by atoms with Gasteiger partial charge in [0.25, 0.3) is 5.95 Å². The molecule has 0 spiro atoms. The summed E-state index contributed by atoms with van der Waals surface area (Å²) in [6.07, 6.45) is 9.60. The lowest BCUT2D eigenvalue weighted by atomic mass is 10.2. The molecule has 3 heterocycles. The Kier molecular flexibility index (Phi) is 5.34. The number of hydrogen-bond donors (Lipinski definition) is 1. The first-order chi connectivity index (χ1) is 13.7. The van der Waals surface area contributed by atoms with Crippen LogP contribution in [0.2, 0.25) is 0 Å². The lowest BCUT2D eigenvalue weighted by molar-refractivity contribution is 0.284. The van der Waals surface area contributed by atoms with Crippen molar-refractivity contribution in [3.05, 3.63) is 66.3 Å². The van der Waals surface area contributed by atoms with Gasteiger partial charge in [0.05, 0.1) is 11.9 Å². The number of hydrogen-bond acceptors (Lipinski definition) is 6. The number of anilines is 1. The van der Waals surface area contributed by atoms with Crippen LogP contribution in [-0.2, 0) is 0 Å². The molecule has 144 valence electrons. The van der Waals surface area contributed by atoms with Crippen molar-refractivity contribution in [3.8, 4) is 11.7 Å². The van der Waals surface area contributed by atoms with Gasteiger partial charge in [-0.25, -0.2) is 14.6 Å². The van der Waals surface area contributed by atoms with E-state index in [-0.39, 0.29) is 0 Å². The normalized spacial score (nSPS) is 15.4. The van der Waals surface area contributed by atoms with Crippen molar-refractivity contribution in [1.82, 2.24) is 24.6 Å². The number of phenolic OH excluding ortho intramolecular Hbond substituents is 1. The van der Waals surface area contributed by atoms with E-state index in [1.165, 1.54) is 5.69 Å². The van der Waals surface area contributed by atoms with Crippen molar-refractivity contribution >= 4 is 11.8 Å². The minimum absolute atomic E-state index is 0.310. The van der Waals surface area contributed by atoms with Crippen LogP contribution in [0.4, 0.5) is 5.69 Å². The van der Waals surface area contributed by atoms with Crippen LogP contribution in [-0.4, -0.2) is 62.5 Å². The maximum absolute atomic E-state index is 9.43. The van der Waals surface area contributed by atoms with Gasteiger partial charge in [0, 0.05) is 56.4 Å². The molecule has 7 nitrogen and oxygen atoms in total. The van der Waals surface area contributed by atoms with Crippen LogP contribution in [0.25, 0.3) is 12.0 Å². The molecule has 1 saturated heterocycles. The smallest absolute Gasteiger partial charge is 0.250 e. The molecule has 0 bridgehead atoms. The summed E-state index contributed by atoms with van der Waals surface area (Å²) in [4.78, 5) is 13.3. The summed E-state index contributed by atoms with van der Waals surface area (Å²) in [5.74, 6) is 0.898. The molecule has 0 aliphatic carbocycles. The Morgan fingerprint density at radius 3 is 2.46 bits per heavy atom. The van der Waals surface area contributed by atoms with E-state index in [1.54, 1.807) is 35.3 Å². The molecular formula is C21H24N6O. The predicted molar refractivity (Wildman–Crippen MR) is 110 cm³/mol. The Morgan fingerprint density at radius 1 is 1.04 bits per heavy atom. The van der Waals surface area contributed by atoms with Crippen molar-refractivity contribution in [3.63, 3.8) is 0 Å². The Labute approximate surface area is 164 Å². The second-order valence-electron chi connectivity index (χ2n) is 6.85. The summed E-state index contributed by atoms with van der Waals surface area (Å²) < 4.78 is 1.76. The van der Waals surface area contributed by atoms with Gasteiger partial charge in [-0.1, -0.05) is 12.2 Å². The number of rotatable bonds is 5. The lowest BCUT2D eigenvalue weighted by Gasteiger charge is -2.35. The largest absolute Gasteiger partial charge is 0.508 e. The lowest BCUT2D eigenvalue weighted by Crippen LogP contribution is -2.46. The van der Waals surface area contributed by atoms with E-state index in [9.17, 15) is 5.11 Å². The maximum atomic E-state index is 9.43. The van der Waals surface area contributed by atoms with E-state index in [2.05, 4.69) is 37.0 Å². The summed E-state index contributed by atoms with van der Waals surface area (Å²) in [6, 6.07) is 9.23. The highest BCUT2D eigenvalue weighted by Crippen LogP contribution is 2.20. The molecule has 3 aromatic rings. The Bertz CT molecular complexity index is 927. The fraction of sp³-hybridized carbons (Fsp3) is 0.286. The van der Waals surface area contributed by atoms with Gasteiger partial charge in [0.2, 0.25) is 0 Å². The van der Waals surface area contributed by atoms with Crippen LogP contribution in [0.5, 0.6) is 5.75 Å². The monoisotopic (exact) mass is 376 g/mol. The minimum Gasteiger partial charge on any atom is -0.508 e. The fourth-order valence-electron chi connectivity index (χ4n) is 3.37. The molecule has 1 aliphatic rings. The third-order valence-corrected chi connectivity index (χ3v) is 5.04. The third-order valence-electron chi connectivity index (χ3n) is 5.04. The molecule has 0 radical (unpaired) electrons. The highest BCUT2D eigenvalue weighted by molar-refractivity contribution is 5.52. The first-order valence-electron chi connectivity index (χ1n) is 9.45. The zero-order chi connectivity index (χ0) is 19.3. The van der Waals surface area contributed by atoms with Crippen molar-refractivity contribution in [2.75, 3.05) is 37.6 Å². The summed E-state index contributed by atoms with van der Waals surface area (Å²) in [7, 11) is 0. The Balaban J connectivity index is 1.31. The van der Waals surface area contributed by atoms with Gasteiger partial charge in [0.1, 0.15) is 5.75 Å². The van der Waals surface area contributed by atoms with Gasteiger partial charge in [-0.15, -0.1) is 0 Å². The highest BCUT2D eigenvalue weighted by atomic mass is 16.3. The van der Waals surface area contributed by atoms with Crippen molar-refractivity contribution in [2.45, 2.75) is 6.92 Å². The van der Waals surface area contributed by atoms with Crippen molar-refractivity contribution in [1.29, 1.82) is 0 Å². The van der Waals surface area contributed by atoms with Gasteiger partial charge < -0.3 is 10.0 Å². The molecule has 7 heteroatoms. The second-order valence-corrected chi connectivity index (χ2v) is 6.85. The van der Waals surface area contributed by atoms with Crippen LogP contribution in [0.15, 0.2) is 55.0 Å². The minimum atomic E-state index is 0.310. The number of aromatic hydroxyl groups is 1. The third kappa shape index (κ3) is 4.04. The zero-order valence-corrected chi connectivity index (χ0v) is 15.9. The van der Waals surface area contributed by atoms with Crippen LogP contribution in [0.1, 0.15) is 11.3 Å². The molecule has 0 amide bonds. The van der Waals surface area contributed by atoms with Gasteiger partial charge in [-0.2, -0.15) is 5.10 Å². The van der Waals surface area contributed by atoms with E-state index < -0.39 is 0 Å². The standard InChI is InChI=1S/C21H24N6O/c1-17-18(16-24-27(17)21-22-9-3-10-23-21)4-2-11-25-12-14-26(15-13-25)19-5-7-20(28)8-6-19/h2-10,16,28H,11-15H2,1H3/b4-2+. The van der Waals surface area contributed by atoms with Gasteiger partial charge in [0.15, 0.2) is 0 Å². The SMILES string of the molecule is Cc1c(/C=C/CN2CCN(c3ccc(O)cc3)CC2)cnn1-c1ncccn1. The molecule has 1 aliphatic heterocycles. The number of piperazine rings is 1. The molecule has 0 saturated carbocycles. The fourth-order valence-corrected chi connectivity index (χ4v) is 3.37. The molecule has 0 unspecified atom stereocenters. The van der Waals surface area contributed by atoms with Gasteiger partial charge >= 0.3 is 0 Å². The molecule has 0 atom stereocenters. The predicted octanol–water partition coefficient (Wildman–Crippen LogP) is 2.51. The Morgan fingerprint density at radius 2 is 1.75 bits per heavy atom. The molecule has 1 aromatic carbocycles. The number of nitrogens with zero attached hydrogens (tertiary/aromatic N) is 6. The van der Waals surface area contributed by atoms with Gasteiger partial charge in [-0.3, -0.25) is 4.90 Å². The van der Waals surface area contributed by atoms with Crippen LogP contribution in [0.3, 0.4) is 0 Å². The molecular weight excluding hydrogens is 352 g/mol. The number of benzene rings is 1. The highest BCUT2D eigenvalue weighted by Gasteiger charge is 2.16. The van der Waals surface area contributed by atoms with E-state index in [1.807, 2.05) is 25.3 Å². The molecule has 1 N–H and O–H groups in total. The first-order valence-corrected chi connectivity index (χ1v) is 9.45. The molecule has 1 fully saturated rings. The maximum Gasteiger partial charge on any atom is 0.250 e. The van der Waals surface area contributed by atoms with E-state index in [4.69, 9.17) is 0 Å². The van der Waals surface area contributed by atoms with Gasteiger partial charge in [-0.05, 0) is 37.3 Å². The molecule has 4 rings (SSSR count). The van der Waals surface area contributed by atoms with Crippen LogP contribution < -0.4 is 4.90 Å². The molecule has 2 aromatic heterocycles. The van der Waals surface area contributed by atoms with Crippen LogP contribution >= 0.6 is 0 Å². The van der Waals surface area contributed by atoms with Crippen molar-refractivity contribution < 1.29 is 5.11 Å². The first kappa shape index (κ1) is 18.2. The summed E-state index contributed by atoms with van der Waals surface area (Å²) in [5, 5.41) is 13.8. The number of phenols is 1. The zero-order valence-electron chi connectivity index (χ0n) is 15.9. The second kappa shape index (κ2) is 8.22. The average molecular weight is 376 g/mol. The molecule has 28 heavy (non-hydrogen) atoms. The van der Waals surface area contributed by atoms with Crippen LogP contribution in [0, 0.1) is 6.92 Å². The summed E-state index contributed by atoms with van der Waals surface area (Å²) >= 11 is 0. The summed E-state index contributed by atoms with van der Waals surface area (Å²) in [6.45, 7) is 6.94. The van der Waals surface area contributed by atoms with Crippen molar-refractivity contribution in [2.24, 2.45) is 0 Å². The topological polar surface area (TPSA) is 70.3 Å². The van der Waals surface area contributed by atoms with E-state index >= 15 is 0 Å². The summed E-state index contributed by atoms with van der Waals surface area (Å²) in [5.41, 5.74) is 3.27. The van der Waals surface area contributed by atoms with E-state index in [0.717, 1.165) is 44.0 Å². The number of aromatic nitrogens is 4. The van der Waals surface area contributed by atoms with E-state index in [0.29, 0.717) is 11.7 Å². The quantitative estimate of drug-likeness (QED) is 0.738. The average Bonchev–Trinajstić information content (AvgIpc) is 3.10.